The molecule has 90 valence electrons. The molecule has 3 rings (SSSR count). The maximum absolute atomic E-state index is 11.5. The second kappa shape index (κ2) is 3.53. The van der Waals surface area contributed by atoms with Crippen LogP contribution in [0.15, 0.2) is 12.1 Å². The average molecular weight is 255 g/mol. The average Bonchev–Trinajstić information content (AvgIpc) is 2.62. The van der Waals surface area contributed by atoms with Crippen molar-refractivity contribution in [1.29, 1.82) is 0 Å². The van der Waals surface area contributed by atoms with Crippen LogP contribution in [0.25, 0.3) is 0 Å². The number of carboxylic acids is 1. The highest BCUT2D eigenvalue weighted by atomic mass is 35.5. The van der Waals surface area contributed by atoms with Crippen LogP contribution in [0.1, 0.15) is 24.8 Å². The number of carboxylic acid groups (broad SMARTS) is 1. The molecule has 1 aliphatic carbocycles. The van der Waals surface area contributed by atoms with E-state index >= 15 is 0 Å². The molecule has 1 aromatic carbocycles. The van der Waals surface area contributed by atoms with Gasteiger partial charge in [-0.15, -0.1) is 0 Å². The Morgan fingerprint density at radius 1 is 1.35 bits per heavy atom. The zero-order valence-electron chi connectivity index (χ0n) is 9.03. The molecule has 0 radical (unpaired) electrons. The van der Waals surface area contributed by atoms with Crippen LogP contribution in [0.3, 0.4) is 0 Å². The Bertz CT molecular complexity index is 494. The Hall–Kier alpha value is -1.42. The summed E-state index contributed by atoms with van der Waals surface area (Å²) in [5.74, 6) is 0.264. The molecular formula is C12H11ClO4. The Labute approximate surface area is 103 Å². The molecule has 1 aromatic rings. The van der Waals surface area contributed by atoms with E-state index in [0.29, 0.717) is 34.9 Å². The third-order valence-corrected chi connectivity index (χ3v) is 3.79. The summed E-state index contributed by atoms with van der Waals surface area (Å²) in [7, 11) is 0. The minimum atomic E-state index is -0.845. The third-order valence-electron chi connectivity index (χ3n) is 3.57. The highest BCUT2D eigenvalue weighted by molar-refractivity contribution is 6.31. The fraction of sp³-hybridized carbons (Fsp3) is 0.417. The molecule has 0 bridgehead atoms. The van der Waals surface area contributed by atoms with Crippen molar-refractivity contribution in [3.63, 3.8) is 0 Å². The number of rotatable bonds is 2. The van der Waals surface area contributed by atoms with Gasteiger partial charge >= 0.3 is 5.97 Å². The van der Waals surface area contributed by atoms with Crippen molar-refractivity contribution in [1.82, 2.24) is 0 Å². The van der Waals surface area contributed by atoms with E-state index in [2.05, 4.69) is 0 Å². The van der Waals surface area contributed by atoms with E-state index in [1.165, 1.54) is 0 Å². The van der Waals surface area contributed by atoms with Crippen molar-refractivity contribution in [2.75, 3.05) is 6.79 Å². The Morgan fingerprint density at radius 3 is 2.71 bits per heavy atom. The Kier molecular flexibility index (Phi) is 2.23. The van der Waals surface area contributed by atoms with E-state index < -0.39 is 11.4 Å². The third kappa shape index (κ3) is 1.40. The lowest BCUT2D eigenvalue weighted by Crippen LogP contribution is -2.42. The summed E-state index contributed by atoms with van der Waals surface area (Å²) in [5.41, 5.74) is -0.195. The molecule has 2 aliphatic rings. The van der Waals surface area contributed by atoms with E-state index in [4.69, 9.17) is 21.1 Å². The zero-order chi connectivity index (χ0) is 12.0. The van der Waals surface area contributed by atoms with Crippen molar-refractivity contribution < 1.29 is 19.4 Å². The summed E-state index contributed by atoms with van der Waals surface area (Å²) in [6, 6.07) is 3.34. The van der Waals surface area contributed by atoms with Gasteiger partial charge in [0.2, 0.25) is 6.79 Å². The maximum atomic E-state index is 11.5. The standard InChI is InChI=1S/C12H11ClO4/c13-7-4-8(10-9(5-7)16-6-17-10)12(11(14)15)2-1-3-12/h4-5H,1-3,6H2,(H,14,15). The number of fused-ring (bicyclic) bond motifs is 1. The van der Waals surface area contributed by atoms with Crippen LogP contribution in [0, 0.1) is 0 Å². The monoisotopic (exact) mass is 254 g/mol. The van der Waals surface area contributed by atoms with E-state index in [9.17, 15) is 9.90 Å². The molecule has 1 heterocycles. The van der Waals surface area contributed by atoms with Crippen LogP contribution >= 0.6 is 11.6 Å². The van der Waals surface area contributed by atoms with Gasteiger partial charge in [-0.1, -0.05) is 18.0 Å². The fourth-order valence-corrected chi connectivity index (χ4v) is 2.67. The predicted molar refractivity (Wildman–Crippen MR) is 60.7 cm³/mol. The molecule has 0 aromatic heterocycles. The van der Waals surface area contributed by atoms with Gasteiger partial charge < -0.3 is 14.6 Å². The molecule has 1 aliphatic heterocycles. The van der Waals surface area contributed by atoms with E-state index in [0.717, 1.165) is 6.42 Å². The largest absolute Gasteiger partial charge is 0.481 e. The number of aliphatic carboxylic acids is 1. The molecule has 0 unspecified atom stereocenters. The molecule has 1 saturated carbocycles. The van der Waals surface area contributed by atoms with Crippen LogP contribution in [0.2, 0.25) is 5.02 Å². The molecule has 0 saturated heterocycles. The minimum Gasteiger partial charge on any atom is -0.481 e. The smallest absolute Gasteiger partial charge is 0.314 e. The quantitative estimate of drug-likeness (QED) is 0.881. The van der Waals surface area contributed by atoms with E-state index in [1.807, 2.05) is 0 Å². The first-order valence-corrected chi connectivity index (χ1v) is 5.84. The number of ether oxygens (including phenoxy) is 2. The number of hydrogen-bond donors (Lipinski definition) is 1. The lowest BCUT2D eigenvalue weighted by molar-refractivity contribution is -0.147. The molecule has 0 amide bonds. The van der Waals surface area contributed by atoms with Gasteiger partial charge in [-0.05, 0) is 18.9 Å². The van der Waals surface area contributed by atoms with Gasteiger partial charge in [0.15, 0.2) is 11.5 Å². The van der Waals surface area contributed by atoms with Gasteiger partial charge in [-0.3, -0.25) is 4.79 Å². The van der Waals surface area contributed by atoms with Crippen molar-refractivity contribution in [3.05, 3.63) is 22.7 Å². The predicted octanol–water partition coefficient (Wildman–Crippen LogP) is 2.58. The topological polar surface area (TPSA) is 55.8 Å². The molecule has 1 N–H and O–H groups in total. The number of halogens is 1. The van der Waals surface area contributed by atoms with Crippen molar-refractivity contribution in [2.24, 2.45) is 0 Å². The Balaban J connectivity index is 2.17. The summed E-state index contributed by atoms with van der Waals surface area (Å²) in [5, 5.41) is 9.90. The summed E-state index contributed by atoms with van der Waals surface area (Å²) in [6.45, 7) is 0.123. The normalized spacial score (nSPS) is 19.8. The first-order chi connectivity index (χ1) is 8.13. The first-order valence-electron chi connectivity index (χ1n) is 5.46. The maximum Gasteiger partial charge on any atom is 0.314 e. The molecule has 0 atom stereocenters. The first kappa shape index (κ1) is 10.7. The summed E-state index contributed by atoms with van der Waals surface area (Å²) in [6.07, 6.45) is 2.16. The molecule has 0 spiro atoms. The second-order valence-corrected chi connectivity index (χ2v) is 4.86. The van der Waals surface area contributed by atoms with Crippen LogP contribution in [-0.2, 0) is 10.2 Å². The fourth-order valence-electron chi connectivity index (χ4n) is 2.46. The SMILES string of the molecule is O=C(O)C1(c2cc(Cl)cc3c2OCO3)CCC1. The van der Waals surface area contributed by atoms with Crippen molar-refractivity contribution in [2.45, 2.75) is 24.7 Å². The van der Waals surface area contributed by atoms with Crippen molar-refractivity contribution >= 4 is 17.6 Å². The van der Waals surface area contributed by atoms with Gasteiger partial charge in [-0.25, -0.2) is 0 Å². The number of hydrogen-bond acceptors (Lipinski definition) is 3. The van der Waals surface area contributed by atoms with Crippen LogP contribution in [0.4, 0.5) is 0 Å². The lowest BCUT2D eigenvalue weighted by Gasteiger charge is -2.38. The van der Waals surface area contributed by atoms with Crippen molar-refractivity contribution in [3.8, 4) is 11.5 Å². The highest BCUT2D eigenvalue weighted by Gasteiger charge is 2.49. The molecular weight excluding hydrogens is 244 g/mol. The van der Waals surface area contributed by atoms with Gasteiger partial charge in [0.1, 0.15) is 0 Å². The molecule has 4 nitrogen and oxygen atoms in total. The minimum absolute atomic E-state index is 0.123. The number of benzene rings is 1. The molecule has 17 heavy (non-hydrogen) atoms. The Morgan fingerprint density at radius 2 is 2.12 bits per heavy atom. The van der Waals surface area contributed by atoms with Crippen LogP contribution in [0.5, 0.6) is 11.5 Å². The van der Waals surface area contributed by atoms with E-state index in [1.54, 1.807) is 12.1 Å². The molecule has 5 heteroatoms. The van der Waals surface area contributed by atoms with Gasteiger partial charge in [0.05, 0.1) is 5.41 Å². The molecule has 1 fully saturated rings. The van der Waals surface area contributed by atoms with Gasteiger partial charge in [0, 0.05) is 16.7 Å². The summed E-state index contributed by atoms with van der Waals surface area (Å²) >= 11 is 5.99. The van der Waals surface area contributed by atoms with Crippen LogP contribution < -0.4 is 9.47 Å². The number of carbonyl (C=O) groups is 1. The lowest BCUT2D eigenvalue weighted by atomic mass is 9.64. The summed E-state index contributed by atoms with van der Waals surface area (Å²) < 4.78 is 10.6. The zero-order valence-corrected chi connectivity index (χ0v) is 9.79. The second-order valence-electron chi connectivity index (χ2n) is 4.43. The van der Waals surface area contributed by atoms with Crippen LogP contribution in [-0.4, -0.2) is 17.9 Å². The van der Waals surface area contributed by atoms with Gasteiger partial charge in [0.25, 0.3) is 0 Å². The summed E-state index contributed by atoms with van der Waals surface area (Å²) in [4.78, 5) is 11.5. The van der Waals surface area contributed by atoms with E-state index in [-0.39, 0.29) is 6.79 Å². The highest BCUT2D eigenvalue weighted by Crippen LogP contribution is 2.51. The van der Waals surface area contributed by atoms with Gasteiger partial charge in [-0.2, -0.15) is 0 Å².